The van der Waals surface area contributed by atoms with E-state index < -0.39 is 0 Å². The number of rotatable bonds is 3. The van der Waals surface area contributed by atoms with Crippen molar-refractivity contribution < 1.29 is 5.21 Å². The van der Waals surface area contributed by atoms with Crippen molar-refractivity contribution in [3.63, 3.8) is 0 Å². The molecule has 0 aromatic carbocycles. The molecule has 0 radical (unpaired) electrons. The minimum Gasteiger partial charge on any atom is -0.314 e. The molecule has 14 heavy (non-hydrogen) atoms. The van der Waals surface area contributed by atoms with Crippen LogP contribution in [0.2, 0.25) is 0 Å². The molecule has 2 rings (SSSR count). The second-order valence-electron chi connectivity index (χ2n) is 5.13. The lowest BCUT2D eigenvalue weighted by molar-refractivity contribution is -0.105. The van der Waals surface area contributed by atoms with E-state index in [1.807, 2.05) is 0 Å². The maximum atomic E-state index is 9.73. The number of fused-ring (bicyclic) bond motifs is 2. The Balaban J connectivity index is 2.05. The monoisotopic (exact) mass is 197 g/mol. The summed E-state index contributed by atoms with van der Waals surface area (Å²) in [7, 11) is 0. The van der Waals surface area contributed by atoms with Crippen LogP contribution in [-0.2, 0) is 0 Å². The Morgan fingerprint density at radius 1 is 1.29 bits per heavy atom. The third-order valence-electron chi connectivity index (χ3n) is 4.33. The molecule has 2 aliphatic rings. The average molecular weight is 197 g/mol. The lowest BCUT2D eigenvalue weighted by Gasteiger charge is -2.35. The van der Waals surface area contributed by atoms with Crippen molar-refractivity contribution >= 4 is 0 Å². The van der Waals surface area contributed by atoms with Gasteiger partial charge in [-0.3, -0.25) is 0 Å². The van der Waals surface area contributed by atoms with Crippen LogP contribution in [0.5, 0.6) is 0 Å². The molecule has 0 amide bonds. The first-order valence-corrected chi connectivity index (χ1v) is 6.21. The molecule has 82 valence electrons. The van der Waals surface area contributed by atoms with E-state index in [2.05, 4.69) is 13.8 Å². The summed E-state index contributed by atoms with van der Waals surface area (Å²) in [4.78, 5) is 0. The summed E-state index contributed by atoms with van der Waals surface area (Å²) in [6.45, 7) is 5.52. The third kappa shape index (κ3) is 1.70. The molecular formula is C12H23NO. The highest BCUT2D eigenvalue weighted by Crippen LogP contribution is 2.45. The molecule has 2 bridgehead atoms. The largest absolute Gasteiger partial charge is 0.314 e. The minimum atomic E-state index is 0.486. The van der Waals surface area contributed by atoms with Crippen LogP contribution in [0, 0.1) is 17.8 Å². The molecule has 1 saturated carbocycles. The summed E-state index contributed by atoms with van der Waals surface area (Å²) < 4.78 is 0. The van der Waals surface area contributed by atoms with E-state index in [0.29, 0.717) is 6.04 Å². The zero-order valence-corrected chi connectivity index (χ0v) is 9.45. The van der Waals surface area contributed by atoms with Gasteiger partial charge < -0.3 is 5.21 Å². The molecule has 1 aliphatic carbocycles. The van der Waals surface area contributed by atoms with E-state index in [1.165, 1.54) is 32.1 Å². The van der Waals surface area contributed by atoms with Crippen molar-refractivity contribution in [1.82, 2.24) is 5.06 Å². The van der Waals surface area contributed by atoms with Crippen LogP contribution in [0.1, 0.15) is 46.0 Å². The summed E-state index contributed by atoms with van der Waals surface area (Å²) in [6.07, 6.45) is 6.44. The summed E-state index contributed by atoms with van der Waals surface area (Å²) in [5.74, 6) is 2.54. The quantitative estimate of drug-likeness (QED) is 0.752. The van der Waals surface area contributed by atoms with Crippen molar-refractivity contribution in [2.24, 2.45) is 17.8 Å². The maximum Gasteiger partial charge on any atom is 0.0356 e. The first-order chi connectivity index (χ1) is 6.76. The highest BCUT2D eigenvalue weighted by atomic mass is 16.5. The van der Waals surface area contributed by atoms with Gasteiger partial charge in [0, 0.05) is 12.6 Å². The molecular weight excluding hydrogens is 174 g/mol. The predicted octanol–water partition coefficient (Wildman–Crippen LogP) is 2.91. The van der Waals surface area contributed by atoms with E-state index in [0.717, 1.165) is 24.3 Å². The Morgan fingerprint density at radius 2 is 2.07 bits per heavy atom. The molecule has 2 fully saturated rings. The average Bonchev–Trinajstić information content (AvgIpc) is 2.45. The molecule has 0 aromatic heterocycles. The normalized spacial score (nSPS) is 43.1. The van der Waals surface area contributed by atoms with Crippen molar-refractivity contribution in [2.45, 2.75) is 52.0 Å². The SMILES string of the molecule is CCCC1CC2CC(CN2O)C1CC. The van der Waals surface area contributed by atoms with Crippen LogP contribution in [-0.4, -0.2) is 22.9 Å². The predicted molar refractivity (Wildman–Crippen MR) is 57.2 cm³/mol. The van der Waals surface area contributed by atoms with Gasteiger partial charge in [-0.2, -0.15) is 5.06 Å². The zero-order chi connectivity index (χ0) is 10.1. The Morgan fingerprint density at radius 3 is 2.71 bits per heavy atom. The van der Waals surface area contributed by atoms with Crippen LogP contribution in [0.25, 0.3) is 0 Å². The standard InChI is InChI=1S/C12H23NO/c1-3-5-9-6-11-7-10(8-13(11)14)12(9)4-2/h9-12,14H,3-8H2,1-2H3. The number of nitrogens with zero attached hydrogens (tertiary/aromatic N) is 1. The van der Waals surface area contributed by atoms with E-state index >= 15 is 0 Å². The molecule has 2 nitrogen and oxygen atoms in total. The van der Waals surface area contributed by atoms with Gasteiger partial charge in [0.05, 0.1) is 0 Å². The van der Waals surface area contributed by atoms with Gasteiger partial charge in [0.1, 0.15) is 0 Å². The molecule has 1 heterocycles. The fourth-order valence-electron chi connectivity index (χ4n) is 3.74. The van der Waals surface area contributed by atoms with Gasteiger partial charge in [-0.25, -0.2) is 0 Å². The molecule has 0 spiro atoms. The zero-order valence-electron chi connectivity index (χ0n) is 9.45. The lowest BCUT2D eigenvalue weighted by Crippen LogP contribution is -2.31. The molecule has 4 atom stereocenters. The smallest absolute Gasteiger partial charge is 0.0356 e. The summed E-state index contributed by atoms with van der Waals surface area (Å²) in [6, 6.07) is 0.486. The van der Waals surface area contributed by atoms with E-state index in [4.69, 9.17) is 0 Å². The van der Waals surface area contributed by atoms with Crippen molar-refractivity contribution in [2.75, 3.05) is 6.54 Å². The third-order valence-corrected chi connectivity index (χ3v) is 4.33. The van der Waals surface area contributed by atoms with Gasteiger partial charge in [-0.15, -0.1) is 0 Å². The van der Waals surface area contributed by atoms with Crippen LogP contribution in [0.15, 0.2) is 0 Å². The molecule has 2 heteroatoms. The molecule has 0 aromatic rings. The van der Waals surface area contributed by atoms with Gasteiger partial charge in [0.25, 0.3) is 0 Å². The summed E-state index contributed by atoms with van der Waals surface area (Å²) in [5.41, 5.74) is 0. The Kier molecular flexibility index (Phi) is 3.13. The van der Waals surface area contributed by atoms with Gasteiger partial charge in [-0.1, -0.05) is 33.1 Å². The lowest BCUT2D eigenvalue weighted by atomic mass is 9.70. The van der Waals surface area contributed by atoms with Gasteiger partial charge >= 0.3 is 0 Å². The molecule has 1 N–H and O–H groups in total. The van der Waals surface area contributed by atoms with Gasteiger partial charge in [0.15, 0.2) is 0 Å². The molecule has 4 unspecified atom stereocenters. The first kappa shape index (κ1) is 10.4. The first-order valence-electron chi connectivity index (χ1n) is 6.21. The van der Waals surface area contributed by atoms with Gasteiger partial charge in [-0.05, 0) is 30.6 Å². The molecule has 1 saturated heterocycles. The van der Waals surface area contributed by atoms with E-state index in [9.17, 15) is 5.21 Å². The van der Waals surface area contributed by atoms with Crippen molar-refractivity contribution in [3.8, 4) is 0 Å². The van der Waals surface area contributed by atoms with Crippen LogP contribution in [0.4, 0.5) is 0 Å². The van der Waals surface area contributed by atoms with Crippen molar-refractivity contribution in [1.29, 1.82) is 0 Å². The fraction of sp³-hybridized carbons (Fsp3) is 1.00. The van der Waals surface area contributed by atoms with Crippen molar-refractivity contribution in [3.05, 3.63) is 0 Å². The summed E-state index contributed by atoms with van der Waals surface area (Å²) >= 11 is 0. The highest BCUT2D eigenvalue weighted by Gasteiger charge is 2.44. The topological polar surface area (TPSA) is 23.5 Å². The van der Waals surface area contributed by atoms with E-state index in [-0.39, 0.29) is 0 Å². The fourth-order valence-corrected chi connectivity index (χ4v) is 3.74. The number of hydrogen-bond acceptors (Lipinski definition) is 2. The molecule has 1 aliphatic heterocycles. The number of hydroxylamine groups is 2. The minimum absolute atomic E-state index is 0.486. The van der Waals surface area contributed by atoms with Crippen LogP contribution < -0.4 is 0 Å². The van der Waals surface area contributed by atoms with Gasteiger partial charge in [0.2, 0.25) is 0 Å². The maximum absolute atomic E-state index is 9.73. The highest BCUT2D eigenvalue weighted by molar-refractivity contribution is 4.94. The number of hydrogen-bond donors (Lipinski definition) is 1. The van der Waals surface area contributed by atoms with Crippen LogP contribution >= 0.6 is 0 Å². The second kappa shape index (κ2) is 4.19. The summed E-state index contributed by atoms with van der Waals surface area (Å²) in [5, 5.41) is 11.3. The Labute approximate surface area is 87.3 Å². The van der Waals surface area contributed by atoms with Crippen LogP contribution in [0.3, 0.4) is 0 Å². The Bertz CT molecular complexity index is 193. The second-order valence-corrected chi connectivity index (χ2v) is 5.13. The van der Waals surface area contributed by atoms with E-state index in [1.54, 1.807) is 5.06 Å². The Hall–Kier alpha value is -0.0800.